The number of benzene rings is 2. The van der Waals surface area contributed by atoms with Crippen LogP contribution in [-0.4, -0.2) is 29.7 Å². The molecule has 0 N–H and O–H groups in total. The number of rotatable bonds is 4. The van der Waals surface area contributed by atoms with E-state index in [1.165, 1.54) is 5.56 Å². The lowest BCUT2D eigenvalue weighted by Gasteiger charge is -2.17. The molecule has 3 aromatic heterocycles. The van der Waals surface area contributed by atoms with Crippen LogP contribution in [0.25, 0.3) is 22.4 Å². The summed E-state index contributed by atoms with van der Waals surface area (Å²) < 4.78 is 6.18. The number of para-hydroxylation sites is 1. The fourth-order valence-electron chi connectivity index (χ4n) is 4.90. The Bertz CT molecular complexity index is 1490. The van der Waals surface area contributed by atoms with Gasteiger partial charge in [0.25, 0.3) is 0 Å². The molecule has 0 bridgehead atoms. The van der Waals surface area contributed by atoms with Crippen LogP contribution in [0.15, 0.2) is 79.3 Å². The van der Waals surface area contributed by atoms with Crippen LogP contribution in [0, 0.1) is 6.92 Å². The topological polar surface area (TPSA) is 48.0 Å². The summed E-state index contributed by atoms with van der Waals surface area (Å²) in [5.74, 6) is 1.13. The minimum Gasteiger partial charge on any atom is -0.350 e. The van der Waals surface area contributed by atoms with Crippen LogP contribution in [0.1, 0.15) is 22.4 Å². The Morgan fingerprint density at radius 1 is 1.00 bits per heavy atom. The summed E-state index contributed by atoms with van der Waals surface area (Å²) >= 11 is 0. The Balaban J connectivity index is 1.33. The maximum Gasteiger partial charge on any atom is 0.227 e. The number of carbonyl (C=O) groups excluding carboxylic acids is 1. The van der Waals surface area contributed by atoms with Crippen LogP contribution in [0.2, 0.25) is 0 Å². The molecule has 0 saturated heterocycles. The molecule has 0 radical (unpaired) electrons. The SMILES string of the molecule is Cc1cccc(-n2nc3c(c2-n2cccc2)CN(C(=O)Cc2cn(C)c4ccccc24)C3)c1. The molecule has 0 aliphatic carbocycles. The fourth-order valence-corrected chi connectivity index (χ4v) is 4.90. The van der Waals surface area contributed by atoms with Gasteiger partial charge in [-0.3, -0.25) is 4.79 Å². The second-order valence-corrected chi connectivity index (χ2v) is 8.80. The van der Waals surface area contributed by atoms with Gasteiger partial charge in [-0.2, -0.15) is 5.10 Å². The molecule has 6 heteroatoms. The van der Waals surface area contributed by atoms with Crippen molar-refractivity contribution in [3.8, 4) is 11.5 Å². The van der Waals surface area contributed by atoms with E-state index in [1.807, 2.05) is 53.3 Å². The first-order valence-electron chi connectivity index (χ1n) is 11.2. The third-order valence-corrected chi connectivity index (χ3v) is 6.50. The molecule has 0 atom stereocenters. The van der Waals surface area contributed by atoms with Gasteiger partial charge in [0.2, 0.25) is 5.91 Å². The first-order chi connectivity index (χ1) is 16.1. The summed E-state index contributed by atoms with van der Waals surface area (Å²) in [5, 5.41) is 6.09. The number of carbonyl (C=O) groups is 1. The van der Waals surface area contributed by atoms with Gasteiger partial charge in [0.05, 0.1) is 30.9 Å². The maximum absolute atomic E-state index is 13.3. The van der Waals surface area contributed by atoms with E-state index in [9.17, 15) is 4.79 Å². The molecule has 5 aromatic rings. The van der Waals surface area contributed by atoms with Gasteiger partial charge in [0.1, 0.15) is 5.82 Å². The predicted octanol–water partition coefficient (Wildman–Crippen LogP) is 4.55. The molecule has 6 rings (SSSR count). The molecule has 0 spiro atoms. The quantitative estimate of drug-likeness (QED) is 0.416. The number of hydrogen-bond donors (Lipinski definition) is 0. The second-order valence-electron chi connectivity index (χ2n) is 8.80. The van der Waals surface area contributed by atoms with Gasteiger partial charge in [-0.15, -0.1) is 0 Å². The standard InChI is InChI=1S/C27H25N5O/c1-19-8-7-9-21(14-19)32-27(30-12-5-6-13-30)23-17-31(18-24(23)28-32)26(33)15-20-16-29(2)25-11-4-3-10-22(20)25/h3-14,16H,15,17-18H2,1-2H3. The van der Waals surface area contributed by atoms with Crippen molar-refractivity contribution in [2.45, 2.75) is 26.4 Å². The molecule has 1 amide bonds. The van der Waals surface area contributed by atoms with E-state index in [0.29, 0.717) is 19.5 Å². The van der Waals surface area contributed by atoms with Crippen molar-refractivity contribution in [2.75, 3.05) is 0 Å². The van der Waals surface area contributed by atoms with Crippen molar-refractivity contribution in [3.05, 3.63) is 102 Å². The normalized spacial score (nSPS) is 13.1. The number of aromatic nitrogens is 4. The summed E-state index contributed by atoms with van der Waals surface area (Å²) in [7, 11) is 2.03. The molecular weight excluding hydrogens is 410 g/mol. The predicted molar refractivity (Wildman–Crippen MR) is 129 cm³/mol. The van der Waals surface area contributed by atoms with Crippen molar-refractivity contribution in [3.63, 3.8) is 0 Å². The van der Waals surface area contributed by atoms with Crippen LogP contribution in [0.5, 0.6) is 0 Å². The van der Waals surface area contributed by atoms with Crippen molar-refractivity contribution in [1.29, 1.82) is 0 Å². The third-order valence-electron chi connectivity index (χ3n) is 6.50. The first-order valence-corrected chi connectivity index (χ1v) is 11.2. The van der Waals surface area contributed by atoms with E-state index in [1.54, 1.807) is 0 Å². The third kappa shape index (κ3) is 3.26. The van der Waals surface area contributed by atoms with E-state index in [4.69, 9.17) is 5.10 Å². The lowest BCUT2D eigenvalue weighted by Crippen LogP contribution is -2.27. The Morgan fingerprint density at radius 3 is 2.64 bits per heavy atom. The Kier molecular flexibility index (Phi) is 4.47. The van der Waals surface area contributed by atoms with E-state index in [2.05, 4.69) is 58.7 Å². The Morgan fingerprint density at radius 2 is 1.82 bits per heavy atom. The van der Waals surface area contributed by atoms with Gasteiger partial charge in [-0.25, -0.2) is 4.68 Å². The number of hydrogen-bond acceptors (Lipinski definition) is 2. The lowest BCUT2D eigenvalue weighted by atomic mass is 10.1. The van der Waals surface area contributed by atoms with E-state index in [-0.39, 0.29) is 5.91 Å². The molecule has 1 aliphatic rings. The minimum atomic E-state index is 0.130. The summed E-state index contributed by atoms with van der Waals surface area (Å²) in [4.78, 5) is 15.2. The molecule has 2 aromatic carbocycles. The van der Waals surface area contributed by atoms with Gasteiger partial charge in [0, 0.05) is 42.1 Å². The van der Waals surface area contributed by atoms with Crippen LogP contribution < -0.4 is 0 Å². The number of nitrogens with zero attached hydrogens (tertiary/aromatic N) is 5. The van der Waals surface area contributed by atoms with Crippen LogP contribution >= 0.6 is 0 Å². The molecule has 164 valence electrons. The maximum atomic E-state index is 13.3. The Labute approximate surface area is 192 Å². The molecule has 6 nitrogen and oxygen atoms in total. The lowest BCUT2D eigenvalue weighted by molar-refractivity contribution is -0.131. The van der Waals surface area contributed by atoms with E-state index in [0.717, 1.165) is 39.2 Å². The average molecular weight is 436 g/mol. The highest BCUT2D eigenvalue weighted by atomic mass is 16.2. The molecule has 1 aliphatic heterocycles. The monoisotopic (exact) mass is 435 g/mol. The highest BCUT2D eigenvalue weighted by molar-refractivity contribution is 5.89. The van der Waals surface area contributed by atoms with E-state index >= 15 is 0 Å². The van der Waals surface area contributed by atoms with Gasteiger partial charge < -0.3 is 14.0 Å². The van der Waals surface area contributed by atoms with Crippen molar-refractivity contribution in [1.82, 2.24) is 23.8 Å². The smallest absolute Gasteiger partial charge is 0.227 e. The number of aryl methyl sites for hydroxylation is 2. The molecule has 0 unspecified atom stereocenters. The number of amides is 1. The van der Waals surface area contributed by atoms with Crippen LogP contribution in [0.4, 0.5) is 0 Å². The zero-order chi connectivity index (χ0) is 22.5. The largest absolute Gasteiger partial charge is 0.350 e. The van der Waals surface area contributed by atoms with Crippen LogP contribution in [-0.2, 0) is 31.4 Å². The van der Waals surface area contributed by atoms with Gasteiger partial charge in [-0.05, 0) is 48.4 Å². The summed E-state index contributed by atoms with van der Waals surface area (Å²) in [6.07, 6.45) is 6.53. The van der Waals surface area contributed by atoms with Gasteiger partial charge in [-0.1, -0.05) is 30.3 Å². The molecule has 4 heterocycles. The highest BCUT2D eigenvalue weighted by Crippen LogP contribution is 2.31. The highest BCUT2D eigenvalue weighted by Gasteiger charge is 2.31. The molecule has 0 fully saturated rings. The summed E-state index contributed by atoms with van der Waals surface area (Å²) in [5.41, 5.74) is 6.51. The zero-order valence-electron chi connectivity index (χ0n) is 18.8. The minimum absolute atomic E-state index is 0.130. The Hall–Kier alpha value is -4.06. The summed E-state index contributed by atoms with van der Waals surface area (Å²) in [6.45, 7) is 3.19. The van der Waals surface area contributed by atoms with Crippen molar-refractivity contribution in [2.24, 2.45) is 7.05 Å². The van der Waals surface area contributed by atoms with Crippen molar-refractivity contribution < 1.29 is 4.79 Å². The van der Waals surface area contributed by atoms with Gasteiger partial charge >= 0.3 is 0 Å². The zero-order valence-corrected chi connectivity index (χ0v) is 18.8. The summed E-state index contributed by atoms with van der Waals surface area (Å²) in [6, 6.07) is 20.6. The van der Waals surface area contributed by atoms with Gasteiger partial charge in [0.15, 0.2) is 0 Å². The van der Waals surface area contributed by atoms with Crippen molar-refractivity contribution >= 4 is 16.8 Å². The fraction of sp³-hybridized carbons (Fsp3) is 0.185. The molecule has 33 heavy (non-hydrogen) atoms. The number of fused-ring (bicyclic) bond motifs is 2. The van der Waals surface area contributed by atoms with E-state index < -0.39 is 0 Å². The molecule has 0 saturated carbocycles. The first kappa shape index (κ1) is 19.6. The molecular formula is C27H25N5O. The second kappa shape index (κ2) is 7.52. The average Bonchev–Trinajstić information content (AvgIpc) is 3.58. The van der Waals surface area contributed by atoms with Crippen LogP contribution in [0.3, 0.4) is 0 Å².